The van der Waals surface area contributed by atoms with Crippen molar-refractivity contribution in [2.75, 3.05) is 26.2 Å². The molecule has 0 aromatic carbocycles. The first kappa shape index (κ1) is 43.5. The van der Waals surface area contributed by atoms with Crippen LogP contribution < -0.4 is 5.32 Å². The molecule has 1 heterocycles. The minimum Gasteiger partial charge on any atom is -0.375 e. The van der Waals surface area contributed by atoms with Crippen molar-refractivity contribution in [2.24, 2.45) is 5.92 Å². The molecule has 0 aromatic heterocycles. The normalized spacial score (nSPS) is 15.7. The molecular weight excluding hydrogens is 569 g/mol. The fourth-order valence-electron chi connectivity index (χ4n) is 6.71. The topological polar surface area (TPSA) is 15.3 Å². The fourth-order valence-corrected chi connectivity index (χ4v) is 6.71. The molecule has 1 aliphatic heterocycles. The van der Waals surface area contributed by atoms with Crippen LogP contribution in [0.15, 0.2) is 60.9 Å². The molecule has 1 saturated heterocycles. The van der Waals surface area contributed by atoms with Crippen LogP contribution in [0.1, 0.15) is 194 Å². The van der Waals surface area contributed by atoms with Crippen molar-refractivity contribution in [3.8, 4) is 0 Å². The summed E-state index contributed by atoms with van der Waals surface area (Å²) in [6.07, 6.45) is 55.9. The monoisotopic (exact) mass is 651 g/mol. The Morgan fingerprint density at radius 2 is 1.00 bits per heavy atom. The number of rotatable bonds is 34. The standard InChI is InChI=1S/C45H82N2/c1-4-6-8-10-12-14-16-18-20-22-24-26-28-30-32-34-41-47(44(3)38-39-45-37-36-40-46-43-45)42-35-33-31-29-27-25-23-21-19-17-15-13-11-9-7-5-2/h12-15,18-21,45-46H,3-11,16-17,22-43H2,1-2H3/b14-12-,15-13-,20-18-,21-19-. The van der Waals surface area contributed by atoms with Gasteiger partial charge in [0.1, 0.15) is 0 Å². The third-order valence-corrected chi connectivity index (χ3v) is 9.94. The summed E-state index contributed by atoms with van der Waals surface area (Å²) in [6, 6.07) is 0. The number of hydrogen-bond acceptors (Lipinski definition) is 2. The molecule has 0 saturated carbocycles. The number of piperidine rings is 1. The SMILES string of the molecule is C=C(CCC1CCCNC1)N(CCCCCCCC/C=C\C/C=C\CCCCC)CCCCCCCC/C=C\C/C=C\CCCCC. The minimum atomic E-state index is 0.853. The molecule has 2 nitrogen and oxygen atoms in total. The van der Waals surface area contributed by atoms with Gasteiger partial charge in [-0.05, 0) is 122 Å². The molecule has 272 valence electrons. The molecule has 1 unspecified atom stereocenters. The van der Waals surface area contributed by atoms with Crippen molar-refractivity contribution >= 4 is 0 Å². The molecule has 0 bridgehead atoms. The smallest absolute Gasteiger partial charge is 0.0174 e. The van der Waals surface area contributed by atoms with Crippen molar-refractivity contribution in [3.05, 3.63) is 60.9 Å². The number of unbranched alkanes of at least 4 members (excludes halogenated alkanes) is 18. The largest absolute Gasteiger partial charge is 0.375 e. The Morgan fingerprint density at radius 3 is 1.43 bits per heavy atom. The Bertz CT molecular complexity index is 721. The van der Waals surface area contributed by atoms with Gasteiger partial charge < -0.3 is 10.2 Å². The van der Waals surface area contributed by atoms with E-state index >= 15 is 0 Å². The summed E-state index contributed by atoms with van der Waals surface area (Å²) in [6.45, 7) is 14.0. The highest BCUT2D eigenvalue weighted by molar-refractivity contribution is 4.95. The predicted octanol–water partition coefficient (Wildman–Crippen LogP) is 14.2. The summed E-state index contributed by atoms with van der Waals surface area (Å²) in [4.78, 5) is 2.68. The van der Waals surface area contributed by atoms with Crippen LogP contribution in [0.2, 0.25) is 0 Å². The Hall–Kier alpha value is -1.54. The van der Waals surface area contributed by atoms with Crippen LogP contribution in [-0.2, 0) is 0 Å². The Balaban J connectivity index is 2.15. The van der Waals surface area contributed by atoms with Gasteiger partial charge in [0.05, 0.1) is 0 Å². The minimum absolute atomic E-state index is 0.853. The molecule has 0 aromatic rings. The predicted molar refractivity (Wildman–Crippen MR) is 214 cm³/mol. The van der Waals surface area contributed by atoms with E-state index < -0.39 is 0 Å². The van der Waals surface area contributed by atoms with Crippen molar-refractivity contribution in [2.45, 2.75) is 194 Å². The zero-order chi connectivity index (χ0) is 33.7. The van der Waals surface area contributed by atoms with E-state index in [4.69, 9.17) is 0 Å². The molecule has 1 fully saturated rings. The summed E-state index contributed by atoms with van der Waals surface area (Å²) in [5.74, 6) is 0.853. The lowest BCUT2D eigenvalue weighted by Crippen LogP contribution is -2.30. The van der Waals surface area contributed by atoms with Gasteiger partial charge in [0, 0.05) is 18.8 Å². The lowest BCUT2D eigenvalue weighted by atomic mass is 9.94. The third kappa shape index (κ3) is 30.3. The Morgan fingerprint density at radius 1 is 0.574 bits per heavy atom. The molecule has 1 aliphatic rings. The van der Waals surface area contributed by atoms with Gasteiger partial charge in [0.2, 0.25) is 0 Å². The zero-order valence-corrected chi connectivity index (χ0v) is 32.0. The number of nitrogens with one attached hydrogen (secondary N) is 1. The van der Waals surface area contributed by atoms with Crippen molar-refractivity contribution < 1.29 is 0 Å². The van der Waals surface area contributed by atoms with E-state index in [1.165, 1.54) is 199 Å². The second-order valence-electron chi connectivity index (χ2n) is 14.5. The molecule has 0 aliphatic carbocycles. The van der Waals surface area contributed by atoms with E-state index in [-0.39, 0.29) is 0 Å². The van der Waals surface area contributed by atoms with Gasteiger partial charge in [-0.2, -0.15) is 0 Å². The van der Waals surface area contributed by atoms with Gasteiger partial charge in [0.15, 0.2) is 0 Å². The van der Waals surface area contributed by atoms with Crippen LogP contribution in [0.25, 0.3) is 0 Å². The van der Waals surface area contributed by atoms with E-state index in [1.807, 2.05) is 0 Å². The van der Waals surface area contributed by atoms with Gasteiger partial charge in [-0.3, -0.25) is 0 Å². The van der Waals surface area contributed by atoms with Crippen molar-refractivity contribution in [3.63, 3.8) is 0 Å². The van der Waals surface area contributed by atoms with Crippen LogP contribution in [0.4, 0.5) is 0 Å². The average Bonchev–Trinajstić information content (AvgIpc) is 3.09. The zero-order valence-electron chi connectivity index (χ0n) is 32.0. The Labute approximate surface area is 296 Å². The second-order valence-corrected chi connectivity index (χ2v) is 14.5. The molecule has 1 atom stereocenters. The summed E-state index contributed by atoms with van der Waals surface area (Å²) in [5, 5.41) is 3.60. The van der Waals surface area contributed by atoms with Gasteiger partial charge in [-0.1, -0.05) is 146 Å². The van der Waals surface area contributed by atoms with Crippen LogP contribution >= 0.6 is 0 Å². The number of allylic oxidation sites excluding steroid dienone is 9. The van der Waals surface area contributed by atoms with Crippen LogP contribution in [0.3, 0.4) is 0 Å². The molecule has 1 rings (SSSR count). The molecule has 47 heavy (non-hydrogen) atoms. The highest BCUT2D eigenvalue weighted by atomic mass is 15.1. The fraction of sp³-hybridized carbons (Fsp3) is 0.778. The first-order valence-electron chi connectivity index (χ1n) is 21.0. The number of hydrogen-bond donors (Lipinski definition) is 1. The second kappa shape index (κ2) is 35.8. The highest BCUT2D eigenvalue weighted by Gasteiger charge is 2.15. The third-order valence-electron chi connectivity index (χ3n) is 9.94. The summed E-state index contributed by atoms with van der Waals surface area (Å²) in [7, 11) is 0. The van der Waals surface area contributed by atoms with E-state index in [9.17, 15) is 0 Å². The maximum Gasteiger partial charge on any atom is 0.0174 e. The first-order valence-corrected chi connectivity index (χ1v) is 21.0. The van der Waals surface area contributed by atoms with Crippen LogP contribution in [0.5, 0.6) is 0 Å². The molecule has 1 N–H and O–H groups in total. The van der Waals surface area contributed by atoms with E-state index in [0.29, 0.717) is 0 Å². The van der Waals surface area contributed by atoms with Crippen molar-refractivity contribution in [1.82, 2.24) is 10.2 Å². The highest BCUT2D eigenvalue weighted by Crippen LogP contribution is 2.21. The lowest BCUT2D eigenvalue weighted by Gasteiger charge is -2.29. The molecule has 0 spiro atoms. The van der Waals surface area contributed by atoms with Crippen molar-refractivity contribution in [1.29, 1.82) is 0 Å². The van der Waals surface area contributed by atoms with Crippen LogP contribution in [0, 0.1) is 5.92 Å². The average molecular weight is 651 g/mol. The molecule has 0 radical (unpaired) electrons. The summed E-state index contributed by atoms with van der Waals surface area (Å²) >= 11 is 0. The molecule has 2 heteroatoms. The quantitative estimate of drug-likeness (QED) is 0.0551. The maximum absolute atomic E-state index is 4.61. The van der Waals surface area contributed by atoms with Crippen LogP contribution in [-0.4, -0.2) is 31.1 Å². The maximum atomic E-state index is 4.61. The van der Waals surface area contributed by atoms with Gasteiger partial charge in [-0.15, -0.1) is 0 Å². The summed E-state index contributed by atoms with van der Waals surface area (Å²) in [5.41, 5.74) is 1.42. The van der Waals surface area contributed by atoms with E-state index in [2.05, 4.69) is 79.3 Å². The lowest BCUT2D eigenvalue weighted by molar-refractivity contribution is 0.295. The van der Waals surface area contributed by atoms with Gasteiger partial charge >= 0.3 is 0 Å². The van der Waals surface area contributed by atoms with E-state index in [1.54, 1.807) is 0 Å². The molecule has 0 amide bonds. The summed E-state index contributed by atoms with van der Waals surface area (Å²) < 4.78 is 0. The number of nitrogens with zero attached hydrogens (tertiary/aromatic N) is 1. The molecular formula is C45H82N2. The van der Waals surface area contributed by atoms with E-state index in [0.717, 1.165) is 18.8 Å². The Kier molecular flexibility index (Phi) is 33.1. The van der Waals surface area contributed by atoms with Gasteiger partial charge in [0.25, 0.3) is 0 Å². The first-order chi connectivity index (χ1) is 23.3. The van der Waals surface area contributed by atoms with Gasteiger partial charge in [-0.25, -0.2) is 0 Å².